The number of aromatic nitrogens is 6. The Morgan fingerprint density at radius 2 is 0.684 bits per heavy atom. The van der Waals surface area contributed by atoms with E-state index in [9.17, 15) is 27.6 Å². The molecule has 0 atom stereocenters. The zero-order valence-corrected chi connectivity index (χ0v) is 78.7. The molecule has 18 rings (SSSR count). The number of nitrogens with one attached hydrogen (secondary N) is 3. The third-order valence-electron chi connectivity index (χ3n) is 24.6. The Labute approximate surface area is 787 Å². The molecule has 0 spiro atoms. The fourth-order valence-corrected chi connectivity index (χ4v) is 17.7. The number of amides is 6. The summed E-state index contributed by atoms with van der Waals surface area (Å²) in [5.74, 6) is 6.54. The summed E-state index contributed by atoms with van der Waals surface area (Å²) in [6, 6.07) is 48.5. The molecular formula is C101H110F3N19O13. The molecular weight excluding hydrogens is 1740 g/mol. The molecule has 0 bridgehead atoms. The lowest BCUT2D eigenvalue weighted by Crippen LogP contribution is -2.46. The Kier molecular flexibility index (Phi) is 28.6. The van der Waals surface area contributed by atoms with E-state index >= 15 is 0 Å². The molecule has 136 heavy (non-hydrogen) atoms. The van der Waals surface area contributed by atoms with Gasteiger partial charge in [-0.2, -0.15) is 28.1 Å². The molecule has 3 N–H and O–H groups in total. The minimum atomic E-state index is -4.56. The van der Waals surface area contributed by atoms with Crippen molar-refractivity contribution in [3.8, 4) is 46.0 Å². The van der Waals surface area contributed by atoms with Gasteiger partial charge in [0.2, 0.25) is 17.8 Å². The molecule has 32 nitrogen and oxygen atoms in total. The number of urea groups is 3. The number of rotatable bonds is 24. The number of nitrogens with zero attached hydrogens (tertiary/aromatic N) is 16. The number of piperazine rings is 1. The van der Waals surface area contributed by atoms with E-state index in [0.717, 1.165) is 147 Å². The maximum Gasteiger partial charge on any atom is 0.416 e. The van der Waals surface area contributed by atoms with Gasteiger partial charge in [0.25, 0.3) is 0 Å². The van der Waals surface area contributed by atoms with Crippen LogP contribution in [-0.4, -0.2) is 201 Å². The third kappa shape index (κ3) is 20.1. The molecule has 3 fully saturated rings. The number of alkyl halides is 3. The lowest BCUT2D eigenvalue weighted by Gasteiger charge is -2.37. The molecule has 0 saturated carbocycles. The van der Waals surface area contributed by atoms with Crippen LogP contribution in [0.1, 0.15) is 61.2 Å². The largest absolute Gasteiger partial charge is 0.497 e. The van der Waals surface area contributed by atoms with E-state index in [4.69, 9.17) is 62.3 Å². The van der Waals surface area contributed by atoms with Crippen molar-refractivity contribution in [1.82, 2.24) is 39.7 Å². The third-order valence-corrected chi connectivity index (χ3v) is 24.6. The number of benzene rings is 9. The minimum absolute atomic E-state index is 0.0335. The molecule has 3 saturated heterocycles. The summed E-state index contributed by atoms with van der Waals surface area (Å²) in [6.07, 6.45) is 0.568. The Balaban J connectivity index is 0.000000148. The van der Waals surface area contributed by atoms with E-state index in [1.807, 2.05) is 137 Å². The normalized spacial score (nSPS) is 15.1. The fourth-order valence-electron chi connectivity index (χ4n) is 17.7. The second-order valence-corrected chi connectivity index (χ2v) is 33.4. The summed E-state index contributed by atoms with van der Waals surface area (Å²) in [7, 11) is 14.8. The summed E-state index contributed by atoms with van der Waals surface area (Å²) >= 11 is 0. The van der Waals surface area contributed by atoms with Crippen LogP contribution in [0.5, 0.6) is 46.0 Å². The van der Waals surface area contributed by atoms with E-state index in [0.29, 0.717) is 145 Å². The maximum absolute atomic E-state index is 14.4. The van der Waals surface area contributed by atoms with Gasteiger partial charge in [0.05, 0.1) is 154 Å². The number of morpholine rings is 2. The van der Waals surface area contributed by atoms with Crippen LogP contribution >= 0.6 is 0 Å². The second-order valence-electron chi connectivity index (χ2n) is 33.4. The van der Waals surface area contributed by atoms with Crippen molar-refractivity contribution in [2.75, 3.05) is 198 Å². The topological polar surface area (TPSA) is 289 Å². The number of fused-ring (bicyclic) bond motifs is 3. The monoisotopic (exact) mass is 1850 g/mol. The highest BCUT2D eigenvalue weighted by Gasteiger charge is 2.42. The van der Waals surface area contributed by atoms with Crippen molar-refractivity contribution < 1.29 is 74.9 Å². The van der Waals surface area contributed by atoms with Gasteiger partial charge in [-0.15, -0.1) is 0 Å². The number of carbonyl (C=O) groups excluding carboxylic acids is 3. The van der Waals surface area contributed by atoms with Crippen molar-refractivity contribution in [2.45, 2.75) is 73.9 Å². The first-order valence-electron chi connectivity index (χ1n) is 44.5. The van der Waals surface area contributed by atoms with Crippen molar-refractivity contribution in [3.05, 3.63) is 244 Å². The van der Waals surface area contributed by atoms with Crippen LogP contribution in [-0.2, 0) is 41.8 Å². The van der Waals surface area contributed by atoms with Gasteiger partial charge in [0.15, 0.2) is 17.5 Å². The predicted octanol–water partition coefficient (Wildman–Crippen LogP) is 18.9. The Bertz CT molecular complexity index is 6350. The number of anilines is 17. The highest BCUT2D eigenvalue weighted by Crippen LogP contribution is 2.49. The Hall–Kier alpha value is -14.9. The van der Waals surface area contributed by atoms with Crippen LogP contribution in [0.15, 0.2) is 182 Å². The van der Waals surface area contributed by atoms with Gasteiger partial charge in [-0.05, 0) is 166 Å². The minimum Gasteiger partial charge on any atom is -0.497 e. The van der Waals surface area contributed by atoms with Crippen LogP contribution in [0.3, 0.4) is 0 Å². The van der Waals surface area contributed by atoms with E-state index < -0.39 is 11.7 Å². The standard InChI is InChI=1S/C34H35F3N6O4.C34H39N7O4.C33H36N6O5/c1-21-6-5-7-22(2)30(21)42-20-24-18-38-32(40-31(24)43(33(42)44)28-9-8-27(45-3)17-29(28)46-4)39-26-15-23(14-25(16-26)34(35,36)37)19-41-10-12-47-13-11-41;1-22-8-7-9-23(2)31(22)40-21-24-20-35-33(36-25-10-12-27(29(18-25)44-5)39-16-14-38(3)15-17-39)37-32(24)41(34(40)42)28-13-11-26(43-4)19-30(28)45-6;1-21-7-6-8-22(2)30(21)38-20-23-19-34-32(35-24-9-11-26(28(17-24)42-4)37-13-15-44-16-14-37)36-31(23)39(33(38)40)27-12-10-25(41-3)18-29(27)43-5/h5-9,14-18H,10-13,19-20H2,1-4H3,(H,38,39,40);7-13,18-20H,14-17,21H2,1-6H3,(H,35,36,37);6-12,17-19H,13-16,20H2,1-5H3,(H,34,35,36). The number of hydrogen-bond donors (Lipinski definition) is 3. The van der Waals surface area contributed by atoms with Crippen molar-refractivity contribution in [2.24, 2.45) is 0 Å². The van der Waals surface area contributed by atoms with Gasteiger partial charge in [0.1, 0.15) is 46.0 Å². The van der Waals surface area contributed by atoms with Crippen molar-refractivity contribution in [1.29, 1.82) is 0 Å². The molecule has 6 aliphatic rings. The van der Waals surface area contributed by atoms with Crippen LogP contribution in [0.4, 0.5) is 125 Å². The van der Waals surface area contributed by atoms with Gasteiger partial charge < -0.3 is 78.0 Å². The number of para-hydroxylation sites is 3. The van der Waals surface area contributed by atoms with Crippen LogP contribution in [0.25, 0.3) is 0 Å². The molecule has 6 aliphatic heterocycles. The molecule has 708 valence electrons. The molecule has 12 aromatic rings. The van der Waals surface area contributed by atoms with Gasteiger partial charge in [-0.25, -0.2) is 44.0 Å². The molecule has 35 heteroatoms. The van der Waals surface area contributed by atoms with E-state index in [2.05, 4.69) is 58.7 Å². The number of carbonyl (C=O) groups is 3. The lowest BCUT2D eigenvalue weighted by molar-refractivity contribution is -0.137. The first-order chi connectivity index (χ1) is 65.8. The summed E-state index contributed by atoms with van der Waals surface area (Å²) in [6.45, 7) is 22.2. The zero-order chi connectivity index (χ0) is 95.8. The summed E-state index contributed by atoms with van der Waals surface area (Å²) in [5, 5.41) is 9.61. The SMILES string of the molecule is COc1ccc(N2C(=O)N(c3c(C)cccc3C)Cc3cnc(Nc4cc(CN5CCOCC5)cc(C(F)(F)F)c4)nc32)c(OC)c1.COc1ccc(N2C(=O)N(c3c(C)cccc3C)Cc3cnc(Nc4ccc(N5CCN(C)CC5)c(OC)c4)nc32)c(OC)c1.COc1ccc(N2C(=O)N(c3c(C)cccc3C)Cc3cnc(Nc4ccc(N5CCOCC5)c(OC)c4)nc32)c(OC)c1. The average Bonchev–Trinajstić information content (AvgIpc) is 0.752. The molecule has 9 aromatic carbocycles. The van der Waals surface area contributed by atoms with E-state index in [-0.39, 0.29) is 42.1 Å². The van der Waals surface area contributed by atoms with Gasteiger partial charge in [-0.1, -0.05) is 54.6 Å². The highest BCUT2D eigenvalue weighted by molar-refractivity contribution is 6.14. The fraction of sp³-hybridized carbons (Fsp3) is 0.317. The number of halogens is 3. The first-order valence-corrected chi connectivity index (χ1v) is 44.5. The number of methoxy groups -OCH3 is 8. The van der Waals surface area contributed by atoms with E-state index in [1.165, 1.54) is 19.1 Å². The number of likely N-dealkylation sites (N-methyl/N-ethyl adjacent to an activating group) is 1. The summed E-state index contributed by atoms with van der Waals surface area (Å²) in [4.78, 5) is 90.3. The summed E-state index contributed by atoms with van der Waals surface area (Å²) < 4.78 is 97.7. The first kappa shape index (κ1) is 94.3. The quantitative estimate of drug-likeness (QED) is 0.0506. The van der Waals surface area contributed by atoms with Crippen LogP contribution in [0.2, 0.25) is 0 Å². The highest BCUT2D eigenvalue weighted by atomic mass is 19.4. The van der Waals surface area contributed by atoms with Gasteiger partial charge in [-0.3, -0.25) is 19.6 Å². The number of hydrogen-bond acceptors (Lipinski definition) is 26. The smallest absolute Gasteiger partial charge is 0.416 e. The van der Waals surface area contributed by atoms with Gasteiger partial charge >= 0.3 is 24.3 Å². The van der Waals surface area contributed by atoms with Crippen molar-refractivity contribution in [3.63, 3.8) is 0 Å². The molecule has 0 radical (unpaired) electrons. The van der Waals surface area contributed by atoms with Crippen LogP contribution in [0, 0.1) is 41.5 Å². The zero-order valence-electron chi connectivity index (χ0n) is 78.7. The van der Waals surface area contributed by atoms with Crippen LogP contribution < -0.4 is 93.0 Å². The lowest BCUT2D eigenvalue weighted by atomic mass is 10.1. The average molecular weight is 1860 g/mol. The molecule has 0 aliphatic carbocycles. The predicted molar refractivity (Wildman–Crippen MR) is 520 cm³/mol. The van der Waals surface area contributed by atoms with Gasteiger partial charge in [0, 0.05) is 142 Å². The molecule has 0 unspecified atom stereocenters. The molecule has 6 amide bonds. The molecule has 3 aromatic heterocycles. The van der Waals surface area contributed by atoms with E-state index in [1.54, 1.807) is 140 Å². The molecule has 9 heterocycles. The Morgan fingerprint density at radius 3 is 1.02 bits per heavy atom. The Morgan fingerprint density at radius 1 is 0.360 bits per heavy atom. The second kappa shape index (κ2) is 41.3. The van der Waals surface area contributed by atoms with Crippen molar-refractivity contribution >= 4 is 116 Å². The maximum atomic E-state index is 14.4. The number of ether oxygens (including phenoxy) is 10. The number of aryl methyl sites for hydroxylation is 6. The summed E-state index contributed by atoms with van der Waals surface area (Å²) in [5.41, 5.74) is 15.5.